The number of imidazole rings is 1. The molecule has 4 rings (SSSR count). The number of benzene rings is 2. The summed E-state index contributed by atoms with van der Waals surface area (Å²) in [6.07, 6.45) is 3.89. The van der Waals surface area contributed by atoms with Crippen molar-refractivity contribution < 1.29 is 12.8 Å². The van der Waals surface area contributed by atoms with Gasteiger partial charge in [0.1, 0.15) is 5.82 Å². The van der Waals surface area contributed by atoms with E-state index in [4.69, 9.17) is 23.8 Å². The number of hydrogen-bond acceptors (Lipinski definition) is 4. The van der Waals surface area contributed by atoms with Gasteiger partial charge in [-0.1, -0.05) is 23.7 Å². The fourth-order valence-corrected chi connectivity index (χ4v) is 6.01. The first-order valence-electron chi connectivity index (χ1n) is 11.5. The third kappa shape index (κ3) is 6.59. The Morgan fingerprint density at radius 2 is 1.97 bits per heavy atom. The van der Waals surface area contributed by atoms with Crippen molar-refractivity contribution in [2.45, 2.75) is 50.2 Å². The van der Waals surface area contributed by atoms with Gasteiger partial charge in [0.2, 0.25) is 15.0 Å². The number of nitrogens with one attached hydrogen (secondary N) is 1. The zero-order chi connectivity index (χ0) is 25.2. The minimum atomic E-state index is -3.71. The van der Waals surface area contributed by atoms with Crippen LogP contribution in [0, 0.1) is 11.7 Å². The molecule has 1 saturated carbocycles. The summed E-state index contributed by atoms with van der Waals surface area (Å²) in [6, 6.07) is 12.7. The van der Waals surface area contributed by atoms with Crippen LogP contribution in [0.3, 0.4) is 0 Å². The first-order valence-corrected chi connectivity index (χ1v) is 13.9. The molecule has 0 atom stereocenters. The van der Waals surface area contributed by atoms with E-state index in [0.29, 0.717) is 33.8 Å². The standard InChI is InChI=1S/C25H28ClFN4O2S2/c1-17(2)31-23(13-28-25(31)35(32,33)16-19-4-3-5-20(26)12-19)15-30(14-18-6-7-18)24(34)29-22-10-8-21(27)9-11-22/h3-5,8-13,17-18H,6-7,14-16H2,1-2H3,(H,29,34). The molecule has 0 aliphatic heterocycles. The van der Waals surface area contributed by atoms with Gasteiger partial charge in [-0.25, -0.2) is 17.8 Å². The molecule has 0 amide bonds. The number of halogens is 2. The largest absolute Gasteiger partial charge is 0.343 e. The fourth-order valence-electron chi connectivity index (χ4n) is 3.95. The maximum atomic E-state index is 13.3. The maximum Gasteiger partial charge on any atom is 0.228 e. The van der Waals surface area contributed by atoms with Crippen molar-refractivity contribution in [1.29, 1.82) is 0 Å². The number of aromatic nitrogens is 2. The first-order chi connectivity index (χ1) is 16.6. The molecule has 0 spiro atoms. The van der Waals surface area contributed by atoms with Crippen LogP contribution < -0.4 is 5.32 Å². The third-order valence-electron chi connectivity index (χ3n) is 5.79. The first kappa shape index (κ1) is 25.6. The van der Waals surface area contributed by atoms with Gasteiger partial charge in [-0.15, -0.1) is 0 Å². The molecule has 0 bridgehead atoms. The predicted molar refractivity (Wildman–Crippen MR) is 141 cm³/mol. The Labute approximate surface area is 216 Å². The summed E-state index contributed by atoms with van der Waals surface area (Å²) < 4.78 is 41.7. The van der Waals surface area contributed by atoms with Crippen LogP contribution in [0.5, 0.6) is 0 Å². The van der Waals surface area contributed by atoms with E-state index in [1.54, 1.807) is 47.2 Å². The van der Waals surface area contributed by atoms with Gasteiger partial charge in [0.15, 0.2) is 5.11 Å². The second kappa shape index (κ2) is 10.6. The van der Waals surface area contributed by atoms with Gasteiger partial charge in [-0.05, 0) is 86.8 Å². The van der Waals surface area contributed by atoms with Crippen LogP contribution in [0.4, 0.5) is 10.1 Å². The minimum absolute atomic E-state index is 0.0336. The molecule has 2 aromatic carbocycles. The van der Waals surface area contributed by atoms with Crippen LogP contribution >= 0.6 is 23.8 Å². The molecule has 186 valence electrons. The van der Waals surface area contributed by atoms with E-state index in [2.05, 4.69) is 10.3 Å². The van der Waals surface area contributed by atoms with Gasteiger partial charge in [0.25, 0.3) is 0 Å². The van der Waals surface area contributed by atoms with Crippen LogP contribution in [-0.2, 0) is 22.1 Å². The summed E-state index contributed by atoms with van der Waals surface area (Å²) in [5, 5.41) is 4.20. The topological polar surface area (TPSA) is 67.2 Å². The predicted octanol–water partition coefficient (Wildman–Crippen LogP) is 5.84. The lowest BCUT2D eigenvalue weighted by Gasteiger charge is -2.27. The summed E-state index contributed by atoms with van der Waals surface area (Å²) in [5.74, 6) is 0.0423. The molecule has 35 heavy (non-hydrogen) atoms. The van der Waals surface area contributed by atoms with Crippen LogP contribution in [0.25, 0.3) is 0 Å². The Hall–Kier alpha value is -2.49. The van der Waals surface area contributed by atoms with Crippen molar-refractivity contribution >= 4 is 44.5 Å². The van der Waals surface area contributed by atoms with Crippen molar-refractivity contribution in [3.63, 3.8) is 0 Å². The number of nitrogens with zero attached hydrogens (tertiary/aromatic N) is 3. The van der Waals surface area contributed by atoms with Crippen molar-refractivity contribution in [2.24, 2.45) is 5.92 Å². The molecule has 1 heterocycles. The second-order valence-electron chi connectivity index (χ2n) is 9.15. The average Bonchev–Trinajstić information content (AvgIpc) is 3.49. The number of hydrogen-bond donors (Lipinski definition) is 1. The zero-order valence-electron chi connectivity index (χ0n) is 19.6. The molecule has 3 aromatic rings. The number of rotatable bonds is 9. The van der Waals surface area contributed by atoms with E-state index in [0.717, 1.165) is 25.1 Å². The van der Waals surface area contributed by atoms with Crippen LogP contribution in [0.1, 0.15) is 44.0 Å². The summed E-state index contributed by atoms with van der Waals surface area (Å²) in [5.41, 5.74) is 2.06. The molecule has 1 aromatic heterocycles. The highest BCUT2D eigenvalue weighted by Gasteiger charge is 2.29. The molecule has 1 aliphatic carbocycles. The fraction of sp³-hybridized carbons (Fsp3) is 0.360. The Kier molecular flexibility index (Phi) is 7.78. The third-order valence-corrected chi connectivity index (χ3v) is 7.96. The van der Waals surface area contributed by atoms with E-state index < -0.39 is 9.84 Å². The van der Waals surface area contributed by atoms with E-state index in [1.165, 1.54) is 12.1 Å². The highest BCUT2D eigenvalue weighted by Crippen LogP contribution is 2.31. The average molecular weight is 535 g/mol. The monoisotopic (exact) mass is 534 g/mol. The molecule has 6 nitrogen and oxygen atoms in total. The Balaban J connectivity index is 1.58. The lowest BCUT2D eigenvalue weighted by molar-refractivity contribution is 0.376. The minimum Gasteiger partial charge on any atom is -0.343 e. The van der Waals surface area contributed by atoms with Crippen molar-refractivity contribution in [3.8, 4) is 0 Å². The van der Waals surface area contributed by atoms with Gasteiger partial charge in [-0.2, -0.15) is 0 Å². The maximum absolute atomic E-state index is 13.3. The summed E-state index contributed by atoms with van der Waals surface area (Å²) in [4.78, 5) is 6.37. The molecule has 10 heteroatoms. The van der Waals surface area contributed by atoms with Crippen molar-refractivity contribution in [3.05, 3.63) is 76.8 Å². The van der Waals surface area contributed by atoms with E-state index in [9.17, 15) is 12.8 Å². The van der Waals surface area contributed by atoms with Gasteiger partial charge in [0.05, 0.1) is 24.2 Å². The van der Waals surface area contributed by atoms with Gasteiger partial charge >= 0.3 is 0 Å². The quantitative estimate of drug-likeness (QED) is 0.348. The zero-order valence-corrected chi connectivity index (χ0v) is 22.0. The molecular formula is C25H28ClFN4O2S2. The highest BCUT2D eigenvalue weighted by atomic mass is 35.5. The lowest BCUT2D eigenvalue weighted by atomic mass is 10.2. The van der Waals surface area contributed by atoms with Gasteiger partial charge in [-0.3, -0.25) is 0 Å². The van der Waals surface area contributed by atoms with E-state index >= 15 is 0 Å². The molecule has 1 N–H and O–H groups in total. The van der Waals surface area contributed by atoms with Crippen molar-refractivity contribution in [1.82, 2.24) is 14.5 Å². The number of thiocarbonyl (C=S) groups is 1. The van der Waals surface area contributed by atoms with Crippen LogP contribution in [0.2, 0.25) is 5.02 Å². The molecular weight excluding hydrogens is 507 g/mol. The van der Waals surface area contributed by atoms with Gasteiger partial charge in [0, 0.05) is 23.3 Å². The summed E-state index contributed by atoms with van der Waals surface area (Å²) in [7, 11) is -3.71. The summed E-state index contributed by atoms with van der Waals surface area (Å²) in [6.45, 7) is 5.02. The second-order valence-corrected chi connectivity index (χ2v) is 11.9. The molecule has 1 fully saturated rings. The lowest BCUT2D eigenvalue weighted by Crippen LogP contribution is -2.36. The highest BCUT2D eigenvalue weighted by molar-refractivity contribution is 7.90. The smallest absolute Gasteiger partial charge is 0.228 e. The van der Waals surface area contributed by atoms with E-state index in [-0.39, 0.29) is 22.8 Å². The Morgan fingerprint density at radius 1 is 1.26 bits per heavy atom. The Morgan fingerprint density at radius 3 is 2.60 bits per heavy atom. The van der Waals surface area contributed by atoms with Crippen LogP contribution in [-0.4, -0.2) is 34.5 Å². The molecule has 1 aliphatic rings. The molecule has 0 unspecified atom stereocenters. The van der Waals surface area contributed by atoms with Gasteiger partial charge < -0.3 is 14.8 Å². The van der Waals surface area contributed by atoms with Crippen molar-refractivity contribution in [2.75, 3.05) is 11.9 Å². The Bertz CT molecular complexity index is 1310. The normalized spacial score (nSPS) is 13.7. The van der Waals surface area contributed by atoms with Crippen LogP contribution in [0.15, 0.2) is 59.9 Å². The molecule has 0 radical (unpaired) electrons. The number of anilines is 1. The summed E-state index contributed by atoms with van der Waals surface area (Å²) >= 11 is 11.7. The molecule has 0 saturated heterocycles. The van der Waals surface area contributed by atoms with E-state index in [1.807, 2.05) is 18.7 Å². The SMILES string of the molecule is CC(C)n1c(CN(CC2CC2)C(=S)Nc2ccc(F)cc2)cnc1S(=O)(=O)Cc1cccc(Cl)c1. The number of sulfone groups is 1.